The molecule has 0 radical (unpaired) electrons. The van der Waals surface area contributed by atoms with Crippen molar-refractivity contribution in [1.29, 1.82) is 0 Å². The van der Waals surface area contributed by atoms with Gasteiger partial charge in [0.25, 0.3) is 11.8 Å². The number of rotatable bonds is 11. The van der Waals surface area contributed by atoms with E-state index in [-0.39, 0.29) is 25.5 Å². The lowest BCUT2D eigenvalue weighted by Crippen LogP contribution is -2.35. The molecule has 0 fully saturated rings. The van der Waals surface area contributed by atoms with Crippen LogP contribution in [0.3, 0.4) is 0 Å². The third-order valence-electron chi connectivity index (χ3n) is 4.50. The van der Waals surface area contributed by atoms with Gasteiger partial charge in [-0.3, -0.25) is 9.59 Å². The Morgan fingerprint density at radius 1 is 1.16 bits per heavy atom. The largest absolute Gasteiger partial charge is 0.497 e. The first kappa shape index (κ1) is 22.5. The molecular formula is C22H25N3O5S. The van der Waals surface area contributed by atoms with Crippen LogP contribution in [-0.2, 0) is 27.3 Å². The Hall–Kier alpha value is -3.20. The molecular weight excluding hydrogens is 418 g/mol. The summed E-state index contributed by atoms with van der Waals surface area (Å²) in [4.78, 5) is 27.1. The average molecular weight is 444 g/mol. The lowest BCUT2D eigenvalue weighted by Gasteiger charge is -2.20. The molecule has 1 aromatic carbocycles. The molecule has 1 amide bonds. The van der Waals surface area contributed by atoms with Gasteiger partial charge < -0.3 is 18.8 Å². The van der Waals surface area contributed by atoms with Crippen molar-refractivity contribution in [3.05, 3.63) is 53.2 Å². The third kappa shape index (κ3) is 6.65. The van der Waals surface area contributed by atoms with Crippen LogP contribution in [0.1, 0.15) is 31.2 Å². The number of amides is 1. The average Bonchev–Trinajstić information content (AvgIpc) is 3.48. The minimum absolute atomic E-state index is 0.175. The van der Waals surface area contributed by atoms with Crippen molar-refractivity contribution in [3.63, 3.8) is 0 Å². The highest BCUT2D eigenvalue weighted by molar-refractivity contribution is 7.13. The molecule has 0 N–H and O–H groups in total. The van der Waals surface area contributed by atoms with E-state index in [4.69, 9.17) is 13.9 Å². The molecule has 0 saturated heterocycles. The van der Waals surface area contributed by atoms with Crippen LogP contribution >= 0.6 is 11.3 Å². The summed E-state index contributed by atoms with van der Waals surface area (Å²) in [6.07, 6.45) is 1.48. The minimum Gasteiger partial charge on any atom is -0.497 e. The molecule has 2 aromatic heterocycles. The maximum absolute atomic E-state index is 12.6. The topological polar surface area (TPSA) is 94.8 Å². The van der Waals surface area contributed by atoms with Crippen LogP contribution < -0.4 is 4.74 Å². The second-order valence-corrected chi connectivity index (χ2v) is 7.75. The predicted octanol–water partition coefficient (Wildman–Crippen LogP) is 3.72. The van der Waals surface area contributed by atoms with E-state index in [1.165, 1.54) is 11.3 Å². The van der Waals surface area contributed by atoms with Crippen molar-refractivity contribution in [3.8, 4) is 16.5 Å². The molecule has 3 aromatic rings. The number of aryl methyl sites for hydroxylation is 1. The molecule has 9 heteroatoms. The van der Waals surface area contributed by atoms with E-state index >= 15 is 0 Å². The lowest BCUT2D eigenvalue weighted by molar-refractivity contribution is -0.152. The van der Waals surface area contributed by atoms with Gasteiger partial charge in [-0.15, -0.1) is 21.5 Å². The molecule has 8 nitrogen and oxygen atoms in total. The third-order valence-corrected chi connectivity index (χ3v) is 5.36. The van der Waals surface area contributed by atoms with Crippen molar-refractivity contribution in [2.75, 3.05) is 20.3 Å². The molecule has 0 aliphatic heterocycles. The van der Waals surface area contributed by atoms with Gasteiger partial charge in [0, 0.05) is 13.0 Å². The number of hydrogen-bond donors (Lipinski definition) is 0. The number of carbonyl (C=O) groups excluding carboxylic acids is 2. The summed E-state index contributed by atoms with van der Waals surface area (Å²) in [5.41, 5.74) is 0.995. The second-order valence-electron chi connectivity index (χ2n) is 6.80. The molecule has 3 rings (SSSR count). The summed E-state index contributed by atoms with van der Waals surface area (Å²) >= 11 is 1.50. The van der Waals surface area contributed by atoms with Gasteiger partial charge in [-0.25, -0.2) is 0 Å². The fraction of sp³-hybridized carbons (Fsp3) is 0.364. The molecule has 0 bridgehead atoms. The number of thiophene rings is 1. The zero-order chi connectivity index (χ0) is 22.1. The van der Waals surface area contributed by atoms with Gasteiger partial charge >= 0.3 is 5.97 Å². The van der Waals surface area contributed by atoms with Crippen LogP contribution in [0.5, 0.6) is 5.75 Å². The minimum atomic E-state index is -0.418. The number of methoxy groups -OCH3 is 1. The zero-order valence-corrected chi connectivity index (χ0v) is 18.4. The Bertz CT molecular complexity index is 969. The molecule has 0 aliphatic carbocycles. The summed E-state index contributed by atoms with van der Waals surface area (Å²) in [5.74, 6) is 0.820. The van der Waals surface area contributed by atoms with E-state index in [1.54, 1.807) is 12.0 Å². The Morgan fingerprint density at radius 3 is 2.65 bits per heavy atom. The molecule has 164 valence electrons. The highest BCUT2D eigenvalue weighted by atomic mass is 32.1. The summed E-state index contributed by atoms with van der Waals surface area (Å²) < 4.78 is 16.0. The van der Waals surface area contributed by atoms with Crippen LogP contribution in [-0.4, -0.2) is 47.2 Å². The van der Waals surface area contributed by atoms with Gasteiger partial charge in [-0.2, -0.15) is 0 Å². The van der Waals surface area contributed by atoms with Crippen molar-refractivity contribution < 1.29 is 23.5 Å². The van der Waals surface area contributed by atoms with Crippen LogP contribution in [0.2, 0.25) is 0 Å². The molecule has 0 saturated carbocycles. The maximum Gasteiger partial charge on any atom is 0.306 e. The van der Waals surface area contributed by atoms with Crippen molar-refractivity contribution in [1.82, 2.24) is 15.1 Å². The molecule has 0 aliphatic rings. The molecule has 31 heavy (non-hydrogen) atoms. The van der Waals surface area contributed by atoms with E-state index in [0.717, 1.165) is 22.6 Å². The zero-order valence-electron chi connectivity index (χ0n) is 17.6. The van der Waals surface area contributed by atoms with Gasteiger partial charge in [0.05, 0.1) is 18.5 Å². The van der Waals surface area contributed by atoms with E-state index in [0.29, 0.717) is 24.7 Å². The molecule has 0 unspecified atom stereocenters. The smallest absolute Gasteiger partial charge is 0.306 e. The van der Waals surface area contributed by atoms with Gasteiger partial charge in [0.2, 0.25) is 5.89 Å². The number of ether oxygens (including phenoxy) is 2. The van der Waals surface area contributed by atoms with Crippen LogP contribution in [0.4, 0.5) is 0 Å². The van der Waals surface area contributed by atoms with E-state index in [1.807, 2.05) is 48.7 Å². The second kappa shape index (κ2) is 11.3. The summed E-state index contributed by atoms with van der Waals surface area (Å²) in [5, 5.41) is 9.98. The van der Waals surface area contributed by atoms with Gasteiger partial charge in [0.15, 0.2) is 6.61 Å². The van der Waals surface area contributed by atoms with Gasteiger partial charge in [-0.1, -0.05) is 25.1 Å². The molecule has 0 spiro atoms. The van der Waals surface area contributed by atoms with Crippen LogP contribution in [0.25, 0.3) is 10.8 Å². The SMILES string of the molecule is CCCN(Cc1nnc(-c2cccs2)o1)C(=O)COC(=O)CCc1ccc(OC)cc1. The van der Waals surface area contributed by atoms with Gasteiger partial charge in [0.1, 0.15) is 5.75 Å². The Morgan fingerprint density at radius 2 is 1.97 bits per heavy atom. The van der Waals surface area contributed by atoms with Crippen LogP contribution in [0, 0.1) is 0 Å². The normalized spacial score (nSPS) is 10.6. The fourth-order valence-corrected chi connectivity index (χ4v) is 3.53. The highest BCUT2D eigenvalue weighted by Crippen LogP contribution is 2.23. The number of aromatic nitrogens is 2. The Balaban J connectivity index is 1.47. The first-order valence-electron chi connectivity index (χ1n) is 10.0. The van der Waals surface area contributed by atoms with Crippen molar-refractivity contribution >= 4 is 23.2 Å². The highest BCUT2D eigenvalue weighted by Gasteiger charge is 2.19. The maximum atomic E-state index is 12.6. The monoisotopic (exact) mass is 443 g/mol. The Labute approximate surface area is 184 Å². The number of esters is 1. The van der Waals surface area contributed by atoms with Crippen molar-refractivity contribution in [2.45, 2.75) is 32.7 Å². The quantitative estimate of drug-likeness (QED) is 0.417. The van der Waals surface area contributed by atoms with Crippen LogP contribution in [0.15, 0.2) is 46.2 Å². The molecule has 2 heterocycles. The number of benzene rings is 1. The standard InChI is InChI=1S/C22H25N3O5S/c1-3-12-25(14-19-23-24-22(30-19)18-5-4-13-31-18)20(26)15-29-21(27)11-8-16-6-9-17(28-2)10-7-16/h4-7,9-10,13H,3,8,11-12,14-15H2,1-2H3. The number of hydrogen-bond acceptors (Lipinski definition) is 8. The number of carbonyl (C=O) groups is 2. The summed E-state index contributed by atoms with van der Waals surface area (Å²) in [7, 11) is 1.60. The summed E-state index contributed by atoms with van der Waals surface area (Å²) in [6, 6.07) is 11.3. The molecule has 0 atom stereocenters. The fourth-order valence-electron chi connectivity index (χ4n) is 2.89. The first-order valence-corrected chi connectivity index (χ1v) is 10.9. The van der Waals surface area contributed by atoms with Gasteiger partial charge in [-0.05, 0) is 42.0 Å². The first-order chi connectivity index (χ1) is 15.1. The summed E-state index contributed by atoms with van der Waals surface area (Å²) in [6.45, 7) is 2.33. The number of nitrogens with zero attached hydrogens (tertiary/aromatic N) is 3. The predicted molar refractivity (Wildman–Crippen MR) is 116 cm³/mol. The van der Waals surface area contributed by atoms with E-state index < -0.39 is 5.97 Å². The van der Waals surface area contributed by atoms with Crippen molar-refractivity contribution in [2.24, 2.45) is 0 Å². The Kier molecular flexibility index (Phi) is 8.17. The lowest BCUT2D eigenvalue weighted by atomic mass is 10.1. The van der Waals surface area contributed by atoms with E-state index in [2.05, 4.69) is 10.2 Å². The van der Waals surface area contributed by atoms with E-state index in [9.17, 15) is 9.59 Å².